The van der Waals surface area contributed by atoms with E-state index in [1.54, 1.807) is 0 Å². The SMILES string of the molecule is CC1(C)CCN(CC2CCNC2)C1. The number of hydrogen-bond donors (Lipinski definition) is 1. The van der Waals surface area contributed by atoms with Gasteiger partial charge in [0.1, 0.15) is 0 Å². The van der Waals surface area contributed by atoms with Gasteiger partial charge < -0.3 is 10.2 Å². The van der Waals surface area contributed by atoms with E-state index in [2.05, 4.69) is 24.1 Å². The Hall–Kier alpha value is -0.0800. The lowest BCUT2D eigenvalue weighted by atomic mass is 9.93. The molecular weight excluding hydrogens is 160 g/mol. The average molecular weight is 182 g/mol. The van der Waals surface area contributed by atoms with Crippen molar-refractivity contribution in [1.82, 2.24) is 10.2 Å². The number of nitrogens with one attached hydrogen (secondary N) is 1. The van der Waals surface area contributed by atoms with Crippen LogP contribution in [-0.2, 0) is 0 Å². The minimum Gasteiger partial charge on any atom is -0.316 e. The van der Waals surface area contributed by atoms with E-state index in [0.717, 1.165) is 5.92 Å². The molecule has 0 aromatic carbocycles. The van der Waals surface area contributed by atoms with Crippen LogP contribution >= 0.6 is 0 Å². The van der Waals surface area contributed by atoms with E-state index in [4.69, 9.17) is 0 Å². The van der Waals surface area contributed by atoms with Gasteiger partial charge in [-0.1, -0.05) is 13.8 Å². The minimum atomic E-state index is 0.575. The molecule has 0 radical (unpaired) electrons. The molecule has 2 fully saturated rings. The maximum atomic E-state index is 3.44. The summed E-state index contributed by atoms with van der Waals surface area (Å²) in [6.45, 7) is 11.2. The third-order valence-electron chi connectivity index (χ3n) is 3.44. The van der Waals surface area contributed by atoms with E-state index >= 15 is 0 Å². The van der Waals surface area contributed by atoms with Crippen molar-refractivity contribution in [3.8, 4) is 0 Å². The van der Waals surface area contributed by atoms with Crippen LogP contribution in [0.15, 0.2) is 0 Å². The predicted octanol–water partition coefficient (Wildman–Crippen LogP) is 1.33. The average Bonchev–Trinajstić information content (AvgIpc) is 2.61. The molecule has 0 aliphatic carbocycles. The molecule has 2 heteroatoms. The summed E-state index contributed by atoms with van der Waals surface area (Å²) in [5.41, 5.74) is 0.575. The quantitative estimate of drug-likeness (QED) is 0.693. The first-order valence-corrected chi connectivity index (χ1v) is 5.59. The van der Waals surface area contributed by atoms with Crippen LogP contribution in [0.25, 0.3) is 0 Å². The van der Waals surface area contributed by atoms with Crippen LogP contribution in [0.3, 0.4) is 0 Å². The van der Waals surface area contributed by atoms with Gasteiger partial charge in [-0.05, 0) is 43.8 Å². The van der Waals surface area contributed by atoms with Crippen molar-refractivity contribution in [2.24, 2.45) is 11.3 Å². The summed E-state index contributed by atoms with van der Waals surface area (Å²) in [6.07, 6.45) is 2.77. The molecule has 13 heavy (non-hydrogen) atoms. The van der Waals surface area contributed by atoms with Crippen molar-refractivity contribution in [3.05, 3.63) is 0 Å². The molecule has 0 bridgehead atoms. The van der Waals surface area contributed by atoms with Crippen molar-refractivity contribution in [2.45, 2.75) is 26.7 Å². The van der Waals surface area contributed by atoms with Crippen molar-refractivity contribution >= 4 is 0 Å². The molecule has 0 amide bonds. The Labute approximate surface area is 81.7 Å². The lowest BCUT2D eigenvalue weighted by molar-refractivity contribution is 0.256. The highest BCUT2D eigenvalue weighted by Gasteiger charge is 2.30. The van der Waals surface area contributed by atoms with Gasteiger partial charge in [-0.25, -0.2) is 0 Å². The molecule has 0 spiro atoms. The first kappa shape index (κ1) is 9.47. The van der Waals surface area contributed by atoms with Gasteiger partial charge in [0.15, 0.2) is 0 Å². The molecule has 1 unspecified atom stereocenters. The van der Waals surface area contributed by atoms with Gasteiger partial charge in [-0.3, -0.25) is 0 Å². The number of hydrogen-bond acceptors (Lipinski definition) is 2. The van der Waals surface area contributed by atoms with Gasteiger partial charge in [0.2, 0.25) is 0 Å². The highest BCUT2D eigenvalue weighted by molar-refractivity contribution is 4.85. The summed E-state index contributed by atoms with van der Waals surface area (Å²) in [6, 6.07) is 0. The Kier molecular flexibility index (Phi) is 2.61. The van der Waals surface area contributed by atoms with Crippen LogP contribution in [-0.4, -0.2) is 37.6 Å². The zero-order valence-corrected chi connectivity index (χ0v) is 8.97. The summed E-state index contributed by atoms with van der Waals surface area (Å²) in [7, 11) is 0. The van der Waals surface area contributed by atoms with Crippen molar-refractivity contribution < 1.29 is 0 Å². The number of nitrogens with zero attached hydrogens (tertiary/aromatic N) is 1. The molecule has 2 heterocycles. The van der Waals surface area contributed by atoms with Gasteiger partial charge in [-0.2, -0.15) is 0 Å². The fourth-order valence-corrected chi connectivity index (χ4v) is 2.62. The van der Waals surface area contributed by atoms with Crippen LogP contribution in [0.1, 0.15) is 26.7 Å². The zero-order chi connectivity index (χ0) is 9.31. The Morgan fingerprint density at radius 2 is 2.31 bits per heavy atom. The highest BCUT2D eigenvalue weighted by Crippen LogP contribution is 2.29. The zero-order valence-electron chi connectivity index (χ0n) is 8.97. The predicted molar refractivity (Wildman–Crippen MR) is 55.8 cm³/mol. The third kappa shape index (κ3) is 2.44. The number of likely N-dealkylation sites (tertiary alicyclic amines) is 1. The highest BCUT2D eigenvalue weighted by atomic mass is 15.2. The van der Waals surface area contributed by atoms with Crippen molar-refractivity contribution in [2.75, 3.05) is 32.7 Å². The molecule has 1 N–H and O–H groups in total. The second-order valence-corrected chi connectivity index (χ2v) is 5.51. The van der Waals surface area contributed by atoms with Crippen molar-refractivity contribution in [3.63, 3.8) is 0 Å². The molecule has 2 aliphatic heterocycles. The van der Waals surface area contributed by atoms with Crippen LogP contribution in [0.5, 0.6) is 0 Å². The molecule has 2 rings (SSSR count). The summed E-state index contributed by atoms with van der Waals surface area (Å²) in [5, 5.41) is 3.44. The third-order valence-corrected chi connectivity index (χ3v) is 3.44. The smallest absolute Gasteiger partial charge is 0.00333 e. The Morgan fingerprint density at radius 3 is 2.85 bits per heavy atom. The molecule has 2 aliphatic rings. The monoisotopic (exact) mass is 182 g/mol. The maximum absolute atomic E-state index is 3.44. The normalized spacial score (nSPS) is 34.2. The lowest BCUT2D eigenvalue weighted by Gasteiger charge is -2.22. The largest absolute Gasteiger partial charge is 0.316 e. The van der Waals surface area contributed by atoms with Gasteiger partial charge in [-0.15, -0.1) is 0 Å². The minimum absolute atomic E-state index is 0.575. The standard InChI is InChI=1S/C11H22N2/c1-11(2)4-6-13(9-11)8-10-3-5-12-7-10/h10,12H,3-9H2,1-2H3. The van der Waals surface area contributed by atoms with Crippen LogP contribution in [0.4, 0.5) is 0 Å². The van der Waals surface area contributed by atoms with Crippen LogP contribution in [0.2, 0.25) is 0 Å². The van der Waals surface area contributed by atoms with E-state index in [-0.39, 0.29) is 0 Å². The van der Waals surface area contributed by atoms with E-state index in [1.165, 1.54) is 45.6 Å². The molecule has 0 aromatic rings. The molecule has 76 valence electrons. The van der Waals surface area contributed by atoms with E-state index < -0.39 is 0 Å². The summed E-state index contributed by atoms with van der Waals surface area (Å²) >= 11 is 0. The molecule has 1 atom stereocenters. The maximum Gasteiger partial charge on any atom is 0.00333 e. The second kappa shape index (κ2) is 3.58. The lowest BCUT2D eigenvalue weighted by Crippen LogP contribution is -2.29. The van der Waals surface area contributed by atoms with E-state index in [1.807, 2.05) is 0 Å². The van der Waals surface area contributed by atoms with Crippen LogP contribution in [0, 0.1) is 11.3 Å². The van der Waals surface area contributed by atoms with Gasteiger partial charge >= 0.3 is 0 Å². The Balaban J connectivity index is 1.77. The summed E-state index contributed by atoms with van der Waals surface area (Å²) < 4.78 is 0. The second-order valence-electron chi connectivity index (χ2n) is 5.51. The molecule has 0 saturated carbocycles. The molecule has 2 nitrogen and oxygen atoms in total. The first-order valence-electron chi connectivity index (χ1n) is 5.59. The fraction of sp³-hybridized carbons (Fsp3) is 1.00. The Bertz CT molecular complexity index is 171. The van der Waals surface area contributed by atoms with Crippen molar-refractivity contribution in [1.29, 1.82) is 0 Å². The Morgan fingerprint density at radius 1 is 1.46 bits per heavy atom. The van der Waals surface area contributed by atoms with E-state index in [0.29, 0.717) is 5.41 Å². The molecule has 0 aromatic heterocycles. The van der Waals surface area contributed by atoms with E-state index in [9.17, 15) is 0 Å². The molecule has 2 saturated heterocycles. The first-order chi connectivity index (χ1) is 6.16. The van der Waals surface area contributed by atoms with Gasteiger partial charge in [0.05, 0.1) is 0 Å². The topological polar surface area (TPSA) is 15.3 Å². The number of rotatable bonds is 2. The van der Waals surface area contributed by atoms with Crippen LogP contribution < -0.4 is 5.32 Å². The van der Waals surface area contributed by atoms with Gasteiger partial charge in [0, 0.05) is 13.1 Å². The summed E-state index contributed by atoms with van der Waals surface area (Å²) in [5.74, 6) is 0.925. The molecular formula is C11H22N2. The summed E-state index contributed by atoms with van der Waals surface area (Å²) in [4.78, 5) is 2.65. The fourth-order valence-electron chi connectivity index (χ4n) is 2.62. The van der Waals surface area contributed by atoms with Gasteiger partial charge in [0.25, 0.3) is 0 Å².